The van der Waals surface area contributed by atoms with Crippen LogP contribution in [0.5, 0.6) is 5.75 Å². The number of alkyl halides is 2. The van der Waals surface area contributed by atoms with E-state index in [1.165, 1.54) is 0 Å². The smallest absolute Gasteiger partial charge is 0.406 e. The van der Waals surface area contributed by atoms with Gasteiger partial charge in [-0.25, -0.2) is 8.78 Å². The number of halogens is 2. The van der Waals surface area contributed by atoms with Crippen molar-refractivity contribution >= 4 is 11.5 Å². The Kier molecular flexibility index (Phi) is 2.98. The van der Waals surface area contributed by atoms with Gasteiger partial charge in [0, 0.05) is 6.07 Å². The molecule has 0 unspecified atom stereocenters. The van der Waals surface area contributed by atoms with Crippen LogP contribution in [-0.4, -0.2) is 17.0 Å². The van der Waals surface area contributed by atoms with Crippen LogP contribution in [0.15, 0.2) is 6.07 Å². The SMILES string of the molecule is COc1cc(N)c(C(F)F)nc1[N+](=O)[O-]. The largest absolute Gasteiger partial charge is 0.489 e. The van der Waals surface area contributed by atoms with E-state index in [1.807, 2.05) is 0 Å². The van der Waals surface area contributed by atoms with Gasteiger partial charge in [0.25, 0.3) is 0 Å². The van der Waals surface area contributed by atoms with Crippen molar-refractivity contribution in [2.75, 3.05) is 12.8 Å². The third-order valence-corrected chi connectivity index (χ3v) is 1.63. The Labute approximate surface area is 82.8 Å². The summed E-state index contributed by atoms with van der Waals surface area (Å²) in [6, 6.07) is 0.951. The van der Waals surface area contributed by atoms with Gasteiger partial charge in [-0.1, -0.05) is 0 Å². The Morgan fingerprint density at radius 1 is 1.67 bits per heavy atom. The molecule has 0 aliphatic heterocycles. The normalized spacial score (nSPS) is 10.4. The first-order valence-electron chi connectivity index (χ1n) is 3.74. The standard InChI is InChI=1S/C7H7F2N3O3/c1-15-4-2-3(10)5(6(8)9)11-7(4)12(13)14/h2,6H,10H2,1H3. The van der Waals surface area contributed by atoms with Crippen molar-refractivity contribution in [3.63, 3.8) is 0 Å². The van der Waals surface area contributed by atoms with E-state index in [4.69, 9.17) is 5.73 Å². The fourth-order valence-electron chi connectivity index (χ4n) is 0.969. The second-order valence-electron chi connectivity index (χ2n) is 2.55. The summed E-state index contributed by atoms with van der Waals surface area (Å²) in [6.45, 7) is 0. The van der Waals surface area contributed by atoms with E-state index in [2.05, 4.69) is 9.72 Å². The van der Waals surface area contributed by atoms with Crippen LogP contribution in [0.4, 0.5) is 20.3 Å². The summed E-state index contributed by atoms with van der Waals surface area (Å²) in [5.74, 6) is -1.02. The molecule has 0 aliphatic rings. The van der Waals surface area contributed by atoms with Crippen LogP contribution in [0.25, 0.3) is 0 Å². The van der Waals surface area contributed by atoms with E-state index in [9.17, 15) is 18.9 Å². The number of nitrogens with zero attached hydrogens (tertiary/aromatic N) is 2. The molecule has 0 aromatic carbocycles. The molecule has 1 aromatic rings. The zero-order chi connectivity index (χ0) is 11.6. The summed E-state index contributed by atoms with van der Waals surface area (Å²) in [5.41, 5.74) is 4.06. The summed E-state index contributed by atoms with van der Waals surface area (Å²) in [6.07, 6.45) is -2.96. The number of anilines is 1. The summed E-state index contributed by atoms with van der Waals surface area (Å²) >= 11 is 0. The lowest BCUT2D eigenvalue weighted by atomic mass is 10.3. The molecule has 1 rings (SSSR count). The molecule has 0 atom stereocenters. The van der Waals surface area contributed by atoms with Gasteiger partial charge in [0.15, 0.2) is 0 Å². The maximum Gasteiger partial charge on any atom is 0.406 e. The quantitative estimate of drug-likeness (QED) is 0.614. The number of pyridine rings is 1. The lowest BCUT2D eigenvalue weighted by Gasteiger charge is -2.04. The highest BCUT2D eigenvalue weighted by molar-refractivity contribution is 5.55. The Morgan fingerprint density at radius 3 is 2.67 bits per heavy atom. The Balaban J connectivity index is 3.37. The fourth-order valence-corrected chi connectivity index (χ4v) is 0.969. The van der Waals surface area contributed by atoms with E-state index in [0.717, 1.165) is 13.2 Å². The Hall–Kier alpha value is -1.99. The average molecular weight is 219 g/mol. The highest BCUT2D eigenvalue weighted by atomic mass is 19.3. The van der Waals surface area contributed by atoms with Crippen LogP contribution in [0, 0.1) is 10.1 Å². The first kappa shape index (κ1) is 11.1. The van der Waals surface area contributed by atoms with Crippen molar-refractivity contribution in [2.24, 2.45) is 0 Å². The number of nitrogens with two attached hydrogens (primary N) is 1. The topological polar surface area (TPSA) is 91.3 Å². The second-order valence-corrected chi connectivity index (χ2v) is 2.55. The van der Waals surface area contributed by atoms with E-state index in [0.29, 0.717) is 0 Å². The van der Waals surface area contributed by atoms with E-state index < -0.39 is 22.9 Å². The molecule has 0 bridgehead atoms. The molecule has 82 valence electrons. The second kappa shape index (κ2) is 4.03. The van der Waals surface area contributed by atoms with Crippen molar-refractivity contribution < 1.29 is 18.4 Å². The predicted octanol–water partition coefficient (Wildman–Crippen LogP) is 1.52. The van der Waals surface area contributed by atoms with Crippen molar-refractivity contribution in [3.8, 4) is 5.75 Å². The van der Waals surface area contributed by atoms with Crippen LogP contribution < -0.4 is 10.5 Å². The molecule has 0 aliphatic carbocycles. The van der Waals surface area contributed by atoms with Gasteiger partial charge in [0.05, 0.1) is 12.8 Å². The van der Waals surface area contributed by atoms with Crippen LogP contribution in [0.1, 0.15) is 12.1 Å². The van der Waals surface area contributed by atoms with Gasteiger partial charge in [0.2, 0.25) is 11.4 Å². The maximum absolute atomic E-state index is 12.3. The number of hydrogen-bond donors (Lipinski definition) is 1. The molecule has 6 nitrogen and oxygen atoms in total. The molecule has 15 heavy (non-hydrogen) atoms. The van der Waals surface area contributed by atoms with E-state index >= 15 is 0 Å². The molecule has 0 saturated carbocycles. The fraction of sp³-hybridized carbons (Fsp3) is 0.286. The average Bonchev–Trinajstić information content (AvgIpc) is 2.16. The summed E-state index contributed by atoms with van der Waals surface area (Å²) in [5, 5.41) is 10.4. The number of nitrogen functional groups attached to an aromatic ring is 1. The molecule has 0 saturated heterocycles. The van der Waals surface area contributed by atoms with Crippen LogP contribution in [0.3, 0.4) is 0 Å². The highest BCUT2D eigenvalue weighted by Gasteiger charge is 2.26. The lowest BCUT2D eigenvalue weighted by Crippen LogP contribution is -2.04. The molecule has 0 amide bonds. The highest BCUT2D eigenvalue weighted by Crippen LogP contribution is 2.32. The summed E-state index contributed by atoms with van der Waals surface area (Å²) < 4.78 is 29.2. The number of aromatic nitrogens is 1. The predicted molar refractivity (Wildman–Crippen MR) is 46.8 cm³/mol. The van der Waals surface area contributed by atoms with E-state index in [1.54, 1.807) is 0 Å². The Bertz CT molecular complexity index is 397. The van der Waals surface area contributed by atoms with Crippen LogP contribution in [0.2, 0.25) is 0 Å². The van der Waals surface area contributed by atoms with Gasteiger partial charge >= 0.3 is 12.2 Å². The monoisotopic (exact) mass is 219 g/mol. The van der Waals surface area contributed by atoms with Gasteiger partial charge < -0.3 is 20.6 Å². The number of methoxy groups -OCH3 is 1. The van der Waals surface area contributed by atoms with Crippen LogP contribution in [-0.2, 0) is 0 Å². The van der Waals surface area contributed by atoms with E-state index in [-0.39, 0.29) is 11.4 Å². The van der Waals surface area contributed by atoms with Gasteiger partial charge in [0.1, 0.15) is 0 Å². The maximum atomic E-state index is 12.3. The minimum atomic E-state index is -2.96. The zero-order valence-electron chi connectivity index (χ0n) is 7.61. The molecular weight excluding hydrogens is 212 g/mol. The van der Waals surface area contributed by atoms with Gasteiger partial charge in [-0.15, -0.1) is 0 Å². The molecule has 0 fully saturated rings. The third-order valence-electron chi connectivity index (χ3n) is 1.63. The number of nitro groups is 1. The van der Waals surface area contributed by atoms with Crippen molar-refractivity contribution in [1.82, 2.24) is 4.98 Å². The first-order valence-corrected chi connectivity index (χ1v) is 3.74. The number of ether oxygens (including phenoxy) is 1. The lowest BCUT2D eigenvalue weighted by molar-refractivity contribution is -0.390. The van der Waals surface area contributed by atoms with Gasteiger partial charge in [-0.2, -0.15) is 0 Å². The van der Waals surface area contributed by atoms with Crippen molar-refractivity contribution in [3.05, 3.63) is 21.9 Å². The summed E-state index contributed by atoms with van der Waals surface area (Å²) in [4.78, 5) is 12.7. The molecule has 1 heterocycles. The van der Waals surface area contributed by atoms with Crippen molar-refractivity contribution in [2.45, 2.75) is 6.43 Å². The van der Waals surface area contributed by atoms with Crippen LogP contribution >= 0.6 is 0 Å². The molecule has 1 aromatic heterocycles. The Morgan fingerprint density at radius 2 is 2.27 bits per heavy atom. The molecular formula is C7H7F2N3O3. The number of rotatable bonds is 3. The molecule has 2 N–H and O–H groups in total. The molecule has 0 spiro atoms. The van der Waals surface area contributed by atoms with Crippen molar-refractivity contribution in [1.29, 1.82) is 0 Å². The zero-order valence-corrected chi connectivity index (χ0v) is 7.61. The minimum Gasteiger partial charge on any atom is -0.489 e. The first-order chi connectivity index (χ1) is 6.97. The minimum absolute atomic E-state index is 0.248. The third kappa shape index (κ3) is 2.09. The van der Waals surface area contributed by atoms with Gasteiger partial charge in [-0.3, -0.25) is 0 Å². The molecule has 8 heteroatoms. The molecule has 0 radical (unpaired) electrons. The number of hydrogen-bond acceptors (Lipinski definition) is 5. The summed E-state index contributed by atoms with van der Waals surface area (Å²) in [7, 11) is 1.16. The van der Waals surface area contributed by atoms with Gasteiger partial charge in [-0.05, 0) is 9.91 Å².